The molecule has 1 spiro atoms. The average molecular weight is 422 g/mol. The molecule has 2 bridgehead atoms. The zero-order valence-electron chi connectivity index (χ0n) is 18.4. The van der Waals surface area contributed by atoms with Crippen LogP contribution in [-0.4, -0.2) is 40.4 Å². The van der Waals surface area contributed by atoms with Crippen molar-refractivity contribution in [1.29, 1.82) is 0 Å². The van der Waals surface area contributed by atoms with Gasteiger partial charge in [0.15, 0.2) is 0 Å². The first-order valence-electron chi connectivity index (χ1n) is 12.2. The Morgan fingerprint density at radius 3 is 2.58 bits per heavy atom. The first kappa shape index (κ1) is 18.4. The van der Waals surface area contributed by atoms with Crippen molar-refractivity contribution in [3.8, 4) is 0 Å². The molecule has 0 radical (unpaired) electrons. The summed E-state index contributed by atoms with van der Waals surface area (Å²) in [4.78, 5) is 38.0. The molecule has 2 amide bonds. The monoisotopic (exact) mass is 421 g/mol. The van der Waals surface area contributed by atoms with Gasteiger partial charge in [0.05, 0.1) is 0 Å². The van der Waals surface area contributed by atoms with Gasteiger partial charge in [-0.3, -0.25) is 14.5 Å². The van der Waals surface area contributed by atoms with Gasteiger partial charge in [0.2, 0.25) is 17.8 Å². The van der Waals surface area contributed by atoms with E-state index < -0.39 is 5.41 Å². The number of carbonyl (C=O) groups is 2. The van der Waals surface area contributed by atoms with E-state index >= 15 is 0 Å². The lowest BCUT2D eigenvalue weighted by atomic mass is 9.48. The zero-order valence-corrected chi connectivity index (χ0v) is 18.4. The third-order valence-electron chi connectivity index (χ3n) is 9.99. The minimum atomic E-state index is -0.885. The Morgan fingerprint density at radius 1 is 1.13 bits per heavy atom. The summed E-state index contributed by atoms with van der Waals surface area (Å²) in [5.41, 5.74) is 0.591. The predicted octanol–water partition coefficient (Wildman–Crippen LogP) is 2.83. The molecule has 1 saturated heterocycles. The molecule has 6 fully saturated rings. The van der Waals surface area contributed by atoms with Gasteiger partial charge in [0.1, 0.15) is 11.2 Å². The van der Waals surface area contributed by atoms with Gasteiger partial charge in [0.25, 0.3) is 0 Å². The molecule has 5 aliphatic carbocycles. The van der Waals surface area contributed by atoms with Crippen LogP contribution in [0.3, 0.4) is 0 Å². The molecular formula is C24H31N5O2. The summed E-state index contributed by atoms with van der Waals surface area (Å²) in [5, 5.41) is 6.52. The van der Waals surface area contributed by atoms with Crippen molar-refractivity contribution >= 4 is 23.6 Å². The zero-order chi connectivity index (χ0) is 21.1. The molecule has 1 aromatic heterocycles. The quantitative estimate of drug-likeness (QED) is 0.733. The van der Waals surface area contributed by atoms with Crippen LogP contribution in [0, 0.1) is 28.6 Å². The van der Waals surface area contributed by atoms with E-state index in [0.29, 0.717) is 23.9 Å². The van der Waals surface area contributed by atoms with E-state index in [4.69, 9.17) is 4.98 Å². The third-order valence-corrected chi connectivity index (χ3v) is 9.99. The Labute approximate surface area is 182 Å². The first-order valence-corrected chi connectivity index (χ1v) is 12.2. The van der Waals surface area contributed by atoms with Crippen LogP contribution in [0.25, 0.3) is 0 Å². The van der Waals surface area contributed by atoms with Crippen molar-refractivity contribution in [3.05, 3.63) is 11.8 Å². The number of amides is 2. The van der Waals surface area contributed by atoms with Gasteiger partial charge in [-0.05, 0) is 49.4 Å². The summed E-state index contributed by atoms with van der Waals surface area (Å²) in [6.07, 6.45) is 9.85. The van der Waals surface area contributed by atoms with E-state index in [2.05, 4.69) is 29.5 Å². The number of carbonyl (C=O) groups excluding carboxylic acids is 2. The maximum absolute atomic E-state index is 13.7. The van der Waals surface area contributed by atoms with Gasteiger partial charge in [-0.1, -0.05) is 26.7 Å². The average Bonchev–Trinajstić information content (AvgIpc) is 3.01. The normalized spacial score (nSPS) is 41.7. The Morgan fingerprint density at radius 2 is 1.87 bits per heavy atom. The minimum Gasteiger partial charge on any atom is -0.355 e. The van der Waals surface area contributed by atoms with Crippen LogP contribution in [0.5, 0.6) is 0 Å². The summed E-state index contributed by atoms with van der Waals surface area (Å²) in [7, 11) is 0. The van der Waals surface area contributed by atoms with Gasteiger partial charge in [-0.25, -0.2) is 4.98 Å². The lowest BCUT2D eigenvalue weighted by Gasteiger charge is -2.58. The first-order chi connectivity index (χ1) is 14.9. The molecule has 8 rings (SSSR count). The Balaban J connectivity index is 1.23. The molecule has 0 aromatic carbocycles. The molecule has 7 aliphatic rings. The van der Waals surface area contributed by atoms with Gasteiger partial charge in [-0.15, -0.1) is 0 Å². The van der Waals surface area contributed by atoms with Crippen LogP contribution in [0.2, 0.25) is 0 Å². The summed E-state index contributed by atoms with van der Waals surface area (Å²) in [5.74, 6) is 2.89. The number of piperidine rings is 1. The fraction of sp³-hybridized carbons (Fsp3) is 0.750. The molecule has 3 heterocycles. The van der Waals surface area contributed by atoms with E-state index in [0.717, 1.165) is 48.9 Å². The second kappa shape index (κ2) is 5.78. The molecule has 4 unspecified atom stereocenters. The molecule has 2 N–H and O–H groups in total. The van der Waals surface area contributed by atoms with Gasteiger partial charge < -0.3 is 10.6 Å². The fourth-order valence-electron chi connectivity index (χ4n) is 7.92. The van der Waals surface area contributed by atoms with Crippen molar-refractivity contribution in [2.75, 3.05) is 16.8 Å². The van der Waals surface area contributed by atoms with Crippen LogP contribution in [-0.2, 0) is 9.59 Å². The summed E-state index contributed by atoms with van der Waals surface area (Å²) in [6.45, 7) is 5.40. The van der Waals surface area contributed by atoms with Crippen molar-refractivity contribution in [3.63, 3.8) is 0 Å². The summed E-state index contributed by atoms with van der Waals surface area (Å²) in [6, 6.07) is 0.563. The predicted molar refractivity (Wildman–Crippen MR) is 115 cm³/mol. The van der Waals surface area contributed by atoms with Crippen molar-refractivity contribution in [2.24, 2.45) is 28.6 Å². The summed E-state index contributed by atoms with van der Waals surface area (Å²) < 4.78 is 0. The molecule has 5 saturated carbocycles. The molecule has 7 heteroatoms. The maximum atomic E-state index is 13.7. The smallest absolute Gasteiger partial charge is 0.245 e. The van der Waals surface area contributed by atoms with E-state index in [1.807, 2.05) is 11.1 Å². The van der Waals surface area contributed by atoms with Crippen molar-refractivity contribution < 1.29 is 9.59 Å². The van der Waals surface area contributed by atoms with Gasteiger partial charge in [0, 0.05) is 42.2 Å². The number of nitrogens with one attached hydrogen (secondary N) is 2. The van der Waals surface area contributed by atoms with Gasteiger partial charge in [-0.2, -0.15) is 4.98 Å². The lowest BCUT2D eigenvalue weighted by Crippen LogP contribution is -2.53. The highest BCUT2D eigenvalue weighted by atomic mass is 16.2. The topological polar surface area (TPSA) is 87.2 Å². The largest absolute Gasteiger partial charge is 0.355 e. The number of hydrogen-bond acceptors (Lipinski definition) is 5. The van der Waals surface area contributed by atoms with Crippen LogP contribution in [0.1, 0.15) is 70.3 Å². The lowest BCUT2D eigenvalue weighted by molar-refractivity contribution is -0.135. The number of anilines is 2. The Bertz CT molecular complexity index is 988. The molecular weight excluding hydrogens is 390 g/mol. The van der Waals surface area contributed by atoms with Crippen molar-refractivity contribution in [2.45, 2.75) is 76.8 Å². The summed E-state index contributed by atoms with van der Waals surface area (Å²) >= 11 is 0. The number of aromatic nitrogens is 2. The minimum absolute atomic E-state index is 0.0118. The SMILES string of the molecule is CC1(C)C2CC(Nc3ncc4c(n3)N(C3CCCC3)C(=O)[C@]35C(=O)NCC3C45)CC1C2. The second-order valence-corrected chi connectivity index (χ2v) is 11.5. The van der Waals surface area contributed by atoms with E-state index in [1.54, 1.807) is 0 Å². The van der Waals surface area contributed by atoms with E-state index in [9.17, 15) is 9.59 Å². The number of fused-ring (bicyclic) bond motifs is 5. The van der Waals surface area contributed by atoms with Crippen LogP contribution in [0.4, 0.5) is 11.8 Å². The molecule has 7 nitrogen and oxygen atoms in total. The Hall–Kier alpha value is -2.18. The fourth-order valence-corrected chi connectivity index (χ4v) is 7.92. The maximum Gasteiger partial charge on any atom is 0.245 e. The highest BCUT2D eigenvalue weighted by Gasteiger charge is 2.81. The molecule has 5 atom stereocenters. The second-order valence-electron chi connectivity index (χ2n) is 11.5. The molecule has 1 aromatic rings. The highest BCUT2D eigenvalue weighted by Crippen LogP contribution is 2.71. The molecule has 31 heavy (non-hydrogen) atoms. The number of hydrogen-bond donors (Lipinski definition) is 2. The highest BCUT2D eigenvalue weighted by molar-refractivity contribution is 6.19. The van der Waals surface area contributed by atoms with Crippen molar-refractivity contribution in [1.82, 2.24) is 15.3 Å². The molecule has 164 valence electrons. The van der Waals surface area contributed by atoms with E-state index in [1.165, 1.54) is 19.3 Å². The van der Waals surface area contributed by atoms with Gasteiger partial charge >= 0.3 is 0 Å². The number of nitrogens with zero attached hydrogens (tertiary/aromatic N) is 3. The number of rotatable bonds is 3. The van der Waals surface area contributed by atoms with Crippen LogP contribution >= 0.6 is 0 Å². The Kier molecular flexibility index (Phi) is 3.43. The molecule has 2 aliphatic heterocycles. The van der Waals surface area contributed by atoms with Crippen LogP contribution < -0.4 is 15.5 Å². The van der Waals surface area contributed by atoms with E-state index in [-0.39, 0.29) is 29.7 Å². The standard InChI is InChI=1S/C24H31N5O2/c1-23(2)12-7-13(23)9-14(8-12)27-22-26-10-16-18-17-11-25-20(30)24(17,18)21(31)29(19(16)28-22)15-5-3-4-6-15/h10,12-15,17-18H,3-9,11H2,1-2H3,(H,25,30)(H,26,27,28)/t12?,13?,14?,17?,18?,24-/m1/s1. The third kappa shape index (κ3) is 2.15. The van der Waals surface area contributed by atoms with Crippen LogP contribution in [0.15, 0.2) is 6.20 Å².